The standard InChI is InChI=1S/C9H13NO4S.ClH/c1-6-8(15(10,11)12)5-4-7(13-2)9(6)14-3;/h4-5H,1-3H3,(H2,10,11,12);1H. The lowest BCUT2D eigenvalue weighted by molar-refractivity contribution is 0.351. The fraction of sp³-hybridized carbons (Fsp3) is 0.333. The Morgan fingerprint density at radius 3 is 2.12 bits per heavy atom. The summed E-state index contributed by atoms with van der Waals surface area (Å²) in [6.07, 6.45) is 0. The van der Waals surface area contributed by atoms with E-state index < -0.39 is 10.0 Å². The summed E-state index contributed by atoms with van der Waals surface area (Å²) in [5, 5.41) is 5.05. The highest BCUT2D eigenvalue weighted by molar-refractivity contribution is 7.89. The lowest BCUT2D eigenvalue weighted by Crippen LogP contribution is -2.14. The Labute approximate surface area is 101 Å². The quantitative estimate of drug-likeness (QED) is 0.889. The minimum absolute atomic E-state index is 0. The lowest BCUT2D eigenvalue weighted by atomic mass is 10.2. The molecule has 0 saturated carbocycles. The fourth-order valence-corrected chi connectivity index (χ4v) is 2.15. The predicted octanol–water partition coefficient (Wildman–Crippen LogP) is 1.08. The summed E-state index contributed by atoms with van der Waals surface area (Å²) < 4.78 is 32.5. The summed E-state index contributed by atoms with van der Waals surface area (Å²) in [6.45, 7) is 1.61. The van der Waals surface area contributed by atoms with Crippen molar-refractivity contribution in [1.29, 1.82) is 0 Å². The number of rotatable bonds is 3. The SMILES string of the molecule is COc1ccc(S(N)(=O)=O)c(C)c1OC.Cl. The van der Waals surface area contributed by atoms with Gasteiger partial charge in [0.25, 0.3) is 0 Å². The topological polar surface area (TPSA) is 78.6 Å². The maximum atomic E-state index is 11.2. The van der Waals surface area contributed by atoms with Crippen LogP contribution in [0.5, 0.6) is 11.5 Å². The van der Waals surface area contributed by atoms with E-state index in [2.05, 4.69) is 0 Å². The van der Waals surface area contributed by atoms with Crippen LogP contribution in [0, 0.1) is 6.92 Å². The Bertz CT molecular complexity index is 473. The maximum Gasteiger partial charge on any atom is 0.238 e. The third-order valence-electron chi connectivity index (χ3n) is 2.05. The molecule has 1 rings (SSSR count). The Morgan fingerprint density at radius 1 is 1.19 bits per heavy atom. The van der Waals surface area contributed by atoms with Crippen molar-refractivity contribution in [2.24, 2.45) is 5.14 Å². The Hall–Kier alpha value is -0.980. The van der Waals surface area contributed by atoms with Gasteiger partial charge in [-0.2, -0.15) is 0 Å². The van der Waals surface area contributed by atoms with Gasteiger partial charge in [0.1, 0.15) is 0 Å². The van der Waals surface area contributed by atoms with Crippen LogP contribution in [-0.4, -0.2) is 22.6 Å². The lowest BCUT2D eigenvalue weighted by Gasteiger charge is -2.12. The molecule has 0 aliphatic carbocycles. The number of primary sulfonamides is 1. The molecule has 1 aromatic carbocycles. The number of hydrogen-bond donors (Lipinski definition) is 1. The Kier molecular flexibility index (Phi) is 5.05. The van der Waals surface area contributed by atoms with Gasteiger partial charge < -0.3 is 9.47 Å². The molecular weight excluding hydrogens is 254 g/mol. The summed E-state index contributed by atoms with van der Waals surface area (Å²) in [5.41, 5.74) is 0.444. The molecule has 5 nitrogen and oxygen atoms in total. The van der Waals surface area contributed by atoms with E-state index in [1.807, 2.05) is 0 Å². The largest absolute Gasteiger partial charge is 0.493 e. The monoisotopic (exact) mass is 267 g/mol. The van der Waals surface area contributed by atoms with Gasteiger partial charge in [-0.25, -0.2) is 13.6 Å². The highest BCUT2D eigenvalue weighted by Gasteiger charge is 2.17. The second-order valence-corrected chi connectivity index (χ2v) is 4.50. The molecule has 92 valence electrons. The van der Waals surface area contributed by atoms with E-state index in [-0.39, 0.29) is 17.3 Å². The minimum Gasteiger partial charge on any atom is -0.493 e. The number of hydrogen-bond acceptors (Lipinski definition) is 4. The number of ether oxygens (including phenoxy) is 2. The van der Waals surface area contributed by atoms with Crippen molar-refractivity contribution < 1.29 is 17.9 Å². The van der Waals surface area contributed by atoms with Crippen LogP contribution < -0.4 is 14.6 Å². The molecule has 16 heavy (non-hydrogen) atoms. The summed E-state index contributed by atoms with van der Waals surface area (Å²) in [5.74, 6) is 0.853. The van der Waals surface area contributed by atoms with Gasteiger partial charge in [-0.3, -0.25) is 0 Å². The zero-order valence-electron chi connectivity index (χ0n) is 9.18. The molecule has 0 radical (unpaired) electrons. The van der Waals surface area contributed by atoms with Crippen LogP contribution in [0.15, 0.2) is 17.0 Å². The van der Waals surface area contributed by atoms with Crippen molar-refractivity contribution in [3.63, 3.8) is 0 Å². The minimum atomic E-state index is -3.73. The second kappa shape index (κ2) is 5.38. The summed E-state index contributed by atoms with van der Waals surface area (Å²) in [4.78, 5) is 0.0418. The molecule has 0 amide bonds. The van der Waals surface area contributed by atoms with Crippen molar-refractivity contribution in [2.45, 2.75) is 11.8 Å². The van der Waals surface area contributed by atoms with Crippen LogP contribution in [-0.2, 0) is 10.0 Å². The fourth-order valence-electron chi connectivity index (χ4n) is 1.37. The first-order valence-electron chi connectivity index (χ1n) is 4.16. The smallest absolute Gasteiger partial charge is 0.238 e. The zero-order chi connectivity index (χ0) is 11.6. The summed E-state index contributed by atoms with van der Waals surface area (Å²) in [7, 11) is -0.804. The Morgan fingerprint density at radius 2 is 1.75 bits per heavy atom. The maximum absolute atomic E-state index is 11.2. The Balaban J connectivity index is 0.00000225. The second-order valence-electron chi connectivity index (χ2n) is 2.97. The molecule has 0 aliphatic heterocycles. The van der Waals surface area contributed by atoms with Gasteiger partial charge >= 0.3 is 0 Å². The van der Waals surface area contributed by atoms with Gasteiger partial charge in [-0.15, -0.1) is 12.4 Å². The van der Waals surface area contributed by atoms with Crippen molar-refractivity contribution in [1.82, 2.24) is 0 Å². The zero-order valence-corrected chi connectivity index (χ0v) is 10.8. The molecule has 0 bridgehead atoms. The molecule has 0 saturated heterocycles. The van der Waals surface area contributed by atoms with Crippen LogP contribution in [0.4, 0.5) is 0 Å². The molecule has 0 heterocycles. The van der Waals surface area contributed by atoms with Crippen molar-refractivity contribution >= 4 is 22.4 Å². The van der Waals surface area contributed by atoms with Crippen LogP contribution in [0.2, 0.25) is 0 Å². The molecular formula is C9H14ClNO4S. The highest BCUT2D eigenvalue weighted by Crippen LogP contribution is 2.33. The molecule has 0 fully saturated rings. The number of nitrogens with two attached hydrogens (primary N) is 1. The molecule has 1 aromatic rings. The van der Waals surface area contributed by atoms with Crippen LogP contribution in [0.1, 0.15) is 5.56 Å². The normalized spacial score (nSPS) is 10.5. The third kappa shape index (κ3) is 2.78. The molecule has 0 aromatic heterocycles. The molecule has 0 aliphatic rings. The van der Waals surface area contributed by atoms with E-state index in [4.69, 9.17) is 14.6 Å². The highest BCUT2D eigenvalue weighted by atomic mass is 35.5. The van der Waals surface area contributed by atoms with Gasteiger partial charge in [-0.1, -0.05) is 0 Å². The van der Waals surface area contributed by atoms with E-state index >= 15 is 0 Å². The average molecular weight is 268 g/mol. The third-order valence-corrected chi connectivity index (χ3v) is 3.11. The molecule has 0 spiro atoms. The van der Waals surface area contributed by atoms with Gasteiger partial charge in [0.2, 0.25) is 10.0 Å². The van der Waals surface area contributed by atoms with Crippen molar-refractivity contribution in [3.05, 3.63) is 17.7 Å². The molecule has 7 heteroatoms. The van der Waals surface area contributed by atoms with E-state index in [0.29, 0.717) is 17.1 Å². The van der Waals surface area contributed by atoms with Crippen LogP contribution in [0.25, 0.3) is 0 Å². The summed E-state index contributed by atoms with van der Waals surface area (Å²) >= 11 is 0. The van der Waals surface area contributed by atoms with Crippen LogP contribution >= 0.6 is 12.4 Å². The number of halogens is 1. The first kappa shape index (κ1) is 15.0. The first-order chi connectivity index (χ1) is 6.91. The number of methoxy groups -OCH3 is 2. The van der Waals surface area contributed by atoms with E-state index in [9.17, 15) is 8.42 Å². The number of benzene rings is 1. The van der Waals surface area contributed by atoms with Gasteiger partial charge in [-0.05, 0) is 19.1 Å². The van der Waals surface area contributed by atoms with E-state index in [0.717, 1.165) is 0 Å². The van der Waals surface area contributed by atoms with Crippen molar-refractivity contribution in [3.8, 4) is 11.5 Å². The number of sulfonamides is 1. The van der Waals surface area contributed by atoms with Crippen molar-refractivity contribution in [2.75, 3.05) is 14.2 Å². The predicted molar refractivity (Wildman–Crippen MR) is 62.9 cm³/mol. The first-order valence-corrected chi connectivity index (χ1v) is 5.70. The molecule has 0 atom stereocenters. The van der Waals surface area contributed by atoms with E-state index in [1.165, 1.54) is 26.4 Å². The van der Waals surface area contributed by atoms with Gasteiger partial charge in [0.05, 0.1) is 19.1 Å². The van der Waals surface area contributed by atoms with Gasteiger partial charge in [0.15, 0.2) is 11.5 Å². The summed E-state index contributed by atoms with van der Waals surface area (Å²) in [6, 6.07) is 2.90. The van der Waals surface area contributed by atoms with Crippen LogP contribution in [0.3, 0.4) is 0 Å². The van der Waals surface area contributed by atoms with E-state index in [1.54, 1.807) is 6.92 Å². The molecule has 2 N–H and O–H groups in total. The average Bonchev–Trinajstić information content (AvgIpc) is 2.15. The van der Waals surface area contributed by atoms with Gasteiger partial charge in [0, 0.05) is 5.56 Å². The molecule has 0 unspecified atom stereocenters.